The fourth-order valence-corrected chi connectivity index (χ4v) is 3.73. The Labute approximate surface area is 122 Å². The number of fused-ring (bicyclic) bond motifs is 1. The van der Waals surface area contributed by atoms with Crippen molar-refractivity contribution >= 4 is 20.7 Å². The number of nitrogens with zero attached hydrogens (tertiary/aromatic N) is 1. The fraction of sp³-hybridized carbons (Fsp3) is 0.0625. The molecule has 0 fully saturated rings. The van der Waals surface area contributed by atoms with Gasteiger partial charge in [0.05, 0.1) is 11.3 Å². The minimum absolute atomic E-state index is 0.253. The predicted octanol–water partition coefficient (Wildman–Crippen LogP) is 3.35. The molecule has 0 unspecified atom stereocenters. The number of halogens is 1. The van der Waals surface area contributed by atoms with E-state index in [1.165, 1.54) is 18.2 Å². The Morgan fingerprint density at radius 1 is 0.952 bits per heavy atom. The van der Waals surface area contributed by atoms with E-state index in [1.54, 1.807) is 12.3 Å². The second kappa shape index (κ2) is 5.26. The van der Waals surface area contributed by atoms with Gasteiger partial charge in [0.25, 0.3) is 0 Å². The average Bonchev–Trinajstić information content (AvgIpc) is 2.47. The van der Waals surface area contributed by atoms with Crippen LogP contribution in [0.25, 0.3) is 10.9 Å². The summed E-state index contributed by atoms with van der Waals surface area (Å²) in [7, 11) is -3.74. The van der Waals surface area contributed by atoms with E-state index in [9.17, 15) is 12.8 Å². The maximum Gasteiger partial charge on any atom is 0.185 e. The molecule has 0 atom stereocenters. The molecule has 1 heterocycles. The van der Waals surface area contributed by atoms with Gasteiger partial charge in [-0.05, 0) is 29.8 Å². The lowest BCUT2D eigenvalue weighted by Crippen LogP contribution is -2.07. The number of benzene rings is 2. The summed E-state index contributed by atoms with van der Waals surface area (Å²) in [5.74, 6) is -0.979. The molecule has 0 saturated heterocycles. The monoisotopic (exact) mass is 301 g/mol. The first-order valence-corrected chi connectivity index (χ1v) is 8.03. The normalized spacial score (nSPS) is 11.7. The van der Waals surface area contributed by atoms with Crippen molar-refractivity contribution in [2.24, 2.45) is 0 Å². The zero-order valence-electron chi connectivity index (χ0n) is 11.0. The molecule has 3 nitrogen and oxygen atoms in total. The first-order chi connectivity index (χ1) is 10.1. The second-order valence-corrected chi connectivity index (χ2v) is 6.63. The van der Waals surface area contributed by atoms with E-state index in [-0.39, 0.29) is 10.6 Å². The number of para-hydroxylation sites is 1. The van der Waals surface area contributed by atoms with Crippen LogP contribution in [0.3, 0.4) is 0 Å². The molecule has 3 rings (SSSR count). The molecule has 106 valence electrons. The third-order valence-electron chi connectivity index (χ3n) is 3.26. The van der Waals surface area contributed by atoms with Crippen molar-refractivity contribution in [2.45, 2.75) is 10.6 Å². The molecule has 0 amide bonds. The molecule has 21 heavy (non-hydrogen) atoms. The SMILES string of the molecule is O=S(=O)(Cc1ccnc2ccccc12)c1ccccc1F. The van der Waals surface area contributed by atoms with Gasteiger partial charge in [-0.2, -0.15) is 0 Å². The van der Waals surface area contributed by atoms with Gasteiger partial charge < -0.3 is 0 Å². The van der Waals surface area contributed by atoms with Crippen LogP contribution in [-0.2, 0) is 15.6 Å². The Morgan fingerprint density at radius 2 is 1.67 bits per heavy atom. The number of sulfone groups is 1. The van der Waals surface area contributed by atoms with Crippen LogP contribution in [0.2, 0.25) is 0 Å². The van der Waals surface area contributed by atoms with Crippen molar-refractivity contribution in [3.63, 3.8) is 0 Å². The summed E-state index contributed by atoms with van der Waals surface area (Å²) in [5.41, 5.74) is 1.34. The second-order valence-electron chi connectivity index (χ2n) is 4.68. The Balaban J connectivity index is 2.08. The van der Waals surface area contributed by atoms with E-state index in [0.29, 0.717) is 5.56 Å². The number of hydrogen-bond acceptors (Lipinski definition) is 3. The standard InChI is InChI=1S/C16H12FNO2S/c17-14-6-2-4-8-16(14)21(19,20)11-12-9-10-18-15-7-3-1-5-13(12)15/h1-10H,11H2. The molecule has 0 N–H and O–H groups in total. The Kier molecular flexibility index (Phi) is 3.43. The minimum atomic E-state index is -3.74. The third kappa shape index (κ3) is 2.64. The molecule has 0 saturated carbocycles. The largest absolute Gasteiger partial charge is 0.256 e. The van der Waals surface area contributed by atoms with Crippen LogP contribution in [0.4, 0.5) is 4.39 Å². The highest BCUT2D eigenvalue weighted by molar-refractivity contribution is 7.90. The number of rotatable bonds is 3. The Bertz CT molecular complexity index is 902. The van der Waals surface area contributed by atoms with E-state index in [1.807, 2.05) is 24.3 Å². The molecule has 2 aromatic carbocycles. The van der Waals surface area contributed by atoms with Crippen LogP contribution >= 0.6 is 0 Å². The summed E-state index contributed by atoms with van der Waals surface area (Å²) in [6, 6.07) is 14.4. The highest BCUT2D eigenvalue weighted by Gasteiger charge is 2.20. The highest BCUT2D eigenvalue weighted by atomic mass is 32.2. The topological polar surface area (TPSA) is 47.0 Å². The summed E-state index contributed by atoms with van der Waals surface area (Å²) < 4.78 is 38.5. The molecule has 0 bridgehead atoms. The van der Waals surface area contributed by atoms with Gasteiger partial charge in [0.15, 0.2) is 9.84 Å². The molecule has 0 spiro atoms. The first kappa shape index (κ1) is 13.7. The smallest absolute Gasteiger partial charge is 0.185 e. The van der Waals surface area contributed by atoms with Crippen LogP contribution in [-0.4, -0.2) is 13.4 Å². The molecule has 5 heteroatoms. The lowest BCUT2D eigenvalue weighted by Gasteiger charge is -2.08. The van der Waals surface area contributed by atoms with Crippen molar-refractivity contribution in [1.29, 1.82) is 0 Å². The summed E-state index contributed by atoms with van der Waals surface area (Å²) in [6.07, 6.45) is 1.56. The lowest BCUT2D eigenvalue weighted by molar-refractivity contribution is 0.566. The minimum Gasteiger partial charge on any atom is -0.256 e. The third-order valence-corrected chi connectivity index (χ3v) is 4.95. The van der Waals surface area contributed by atoms with E-state index in [0.717, 1.165) is 17.0 Å². The van der Waals surface area contributed by atoms with Crippen LogP contribution in [0.5, 0.6) is 0 Å². The highest BCUT2D eigenvalue weighted by Crippen LogP contribution is 2.23. The zero-order valence-corrected chi connectivity index (χ0v) is 11.8. The van der Waals surface area contributed by atoms with E-state index < -0.39 is 15.7 Å². The number of hydrogen-bond donors (Lipinski definition) is 0. The molecule has 0 aliphatic carbocycles. The van der Waals surface area contributed by atoms with Crippen molar-refractivity contribution < 1.29 is 12.8 Å². The van der Waals surface area contributed by atoms with Crippen LogP contribution < -0.4 is 0 Å². The van der Waals surface area contributed by atoms with Gasteiger partial charge in [-0.1, -0.05) is 30.3 Å². The molecular formula is C16H12FNO2S. The van der Waals surface area contributed by atoms with Gasteiger partial charge in [0.1, 0.15) is 10.7 Å². The number of aromatic nitrogens is 1. The number of pyridine rings is 1. The van der Waals surface area contributed by atoms with Gasteiger partial charge in [0.2, 0.25) is 0 Å². The average molecular weight is 301 g/mol. The van der Waals surface area contributed by atoms with Gasteiger partial charge in [-0.3, -0.25) is 4.98 Å². The van der Waals surface area contributed by atoms with Crippen LogP contribution in [0.15, 0.2) is 65.7 Å². The van der Waals surface area contributed by atoms with Gasteiger partial charge in [-0.15, -0.1) is 0 Å². The van der Waals surface area contributed by atoms with E-state index >= 15 is 0 Å². The molecule has 0 radical (unpaired) electrons. The fourth-order valence-electron chi connectivity index (χ4n) is 2.26. The predicted molar refractivity (Wildman–Crippen MR) is 79.0 cm³/mol. The quantitative estimate of drug-likeness (QED) is 0.745. The molecule has 3 aromatic rings. The molecule has 1 aromatic heterocycles. The lowest BCUT2D eigenvalue weighted by atomic mass is 10.1. The van der Waals surface area contributed by atoms with E-state index in [2.05, 4.69) is 4.98 Å². The van der Waals surface area contributed by atoms with Gasteiger partial charge in [-0.25, -0.2) is 12.8 Å². The first-order valence-electron chi connectivity index (χ1n) is 6.38. The Morgan fingerprint density at radius 3 is 2.48 bits per heavy atom. The van der Waals surface area contributed by atoms with Crippen LogP contribution in [0.1, 0.15) is 5.56 Å². The summed E-state index contributed by atoms with van der Waals surface area (Å²) in [4.78, 5) is 3.92. The van der Waals surface area contributed by atoms with Crippen molar-refractivity contribution in [3.8, 4) is 0 Å². The molecule has 0 aliphatic rings. The van der Waals surface area contributed by atoms with Crippen molar-refractivity contribution in [1.82, 2.24) is 4.98 Å². The summed E-state index contributed by atoms with van der Waals surface area (Å²) in [6.45, 7) is 0. The molecular weight excluding hydrogens is 289 g/mol. The summed E-state index contributed by atoms with van der Waals surface area (Å²) >= 11 is 0. The van der Waals surface area contributed by atoms with Crippen LogP contribution in [0, 0.1) is 5.82 Å². The molecule has 0 aliphatic heterocycles. The van der Waals surface area contributed by atoms with Crippen molar-refractivity contribution in [3.05, 3.63) is 72.2 Å². The maximum absolute atomic E-state index is 13.7. The van der Waals surface area contributed by atoms with Gasteiger partial charge in [0, 0.05) is 11.6 Å². The zero-order chi connectivity index (χ0) is 14.9. The van der Waals surface area contributed by atoms with Gasteiger partial charge >= 0.3 is 0 Å². The van der Waals surface area contributed by atoms with Crippen molar-refractivity contribution in [2.75, 3.05) is 0 Å². The van der Waals surface area contributed by atoms with E-state index in [4.69, 9.17) is 0 Å². The maximum atomic E-state index is 13.7. The summed E-state index contributed by atoms with van der Waals surface area (Å²) in [5, 5.41) is 0.764. The Hall–Kier alpha value is -2.27.